The van der Waals surface area contributed by atoms with E-state index in [9.17, 15) is 4.79 Å². The number of esters is 1. The Kier molecular flexibility index (Phi) is 5.84. The zero-order valence-electron chi connectivity index (χ0n) is 15.1. The summed E-state index contributed by atoms with van der Waals surface area (Å²) in [6.45, 7) is 0. The maximum absolute atomic E-state index is 12.2. The van der Waals surface area contributed by atoms with Crippen LogP contribution >= 0.6 is 22.9 Å². The first kappa shape index (κ1) is 19.1. The van der Waals surface area contributed by atoms with Crippen LogP contribution in [0, 0.1) is 0 Å². The molecule has 0 aliphatic heterocycles. The Balaban J connectivity index is 1.36. The maximum atomic E-state index is 12.2. The molecule has 0 bridgehead atoms. The van der Waals surface area contributed by atoms with Crippen LogP contribution in [-0.2, 0) is 11.2 Å². The Morgan fingerprint density at radius 2 is 1.72 bits per heavy atom. The molecule has 2 aromatic heterocycles. The first-order chi connectivity index (χ1) is 14.2. The van der Waals surface area contributed by atoms with E-state index in [1.54, 1.807) is 36.5 Å². The Bertz CT molecular complexity index is 1110. The normalized spacial score (nSPS) is 10.5. The van der Waals surface area contributed by atoms with Gasteiger partial charge in [0.2, 0.25) is 5.88 Å². The summed E-state index contributed by atoms with van der Waals surface area (Å²) in [5, 5.41) is 3.24. The molecular formula is C22H15ClN2O3S. The lowest BCUT2D eigenvalue weighted by Crippen LogP contribution is -2.11. The van der Waals surface area contributed by atoms with Crippen molar-refractivity contribution >= 4 is 28.9 Å². The molecule has 4 aromatic rings. The number of carbonyl (C=O) groups excluding carboxylic acids is 1. The molecule has 0 spiro atoms. The molecule has 0 saturated heterocycles. The van der Waals surface area contributed by atoms with E-state index in [1.165, 1.54) is 11.3 Å². The first-order valence-electron chi connectivity index (χ1n) is 8.76. The quantitative estimate of drug-likeness (QED) is 0.290. The Hall–Kier alpha value is -3.22. The van der Waals surface area contributed by atoms with Crippen molar-refractivity contribution in [3.05, 3.63) is 89.0 Å². The lowest BCUT2D eigenvalue weighted by Gasteiger charge is -2.06. The van der Waals surface area contributed by atoms with E-state index < -0.39 is 0 Å². The average molecular weight is 423 g/mol. The van der Waals surface area contributed by atoms with Gasteiger partial charge in [-0.15, -0.1) is 11.3 Å². The van der Waals surface area contributed by atoms with Crippen LogP contribution in [0.2, 0.25) is 5.02 Å². The third kappa shape index (κ3) is 4.99. The highest BCUT2D eigenvalue weighted by Crippen LogP contribution is 2.30. The van der Waals surface area contributed by atoms with Gasteiger partial charge in [-0.3, -0.25) is 4.79 Å². The number of nitrogens with zero attached hydrogens (tertiary/aromatic N) is 2. The van der Waals surface area contributed by atoms with Gasteiger partial charge in [0.05, 0.1) is 17.1 Å². The smallest absolute Gasteiger partial charge is 0.317 e. The molecule has 0 radical (unpaired) electrons. The third-order valence-electron chi connectivity index (χ3n) is 3.90. The number of rotatable bonds is 6. The van der Waals surface area contributed by atoms with Crippen LogP contribution in [0.3, 0.4) is 0 Å². The molecule has 29 heavy (non-hydrogen) atoms. The van der Waals surface area contributed by atoms with Crippen LogP contribution in [-0.4, -0.2) is 15.9 Å². The zero-order valence-corrected chi connectivity index (χ0v) is 16.7. The number of hydrogen-bond donors (Lipinski definition) is 0. The molecule has 0 unspecified atom stereocenters. The van der Waals surface area contributed by atoms with Gasteiger partial charge in [-0.2, -0.15) is 0 Å². The van der Waals surface area contributed by atoms with Crippen LogP contribution in [0.5, 0.6) is 17.4 Å². The van der Waals surface area contributed by atoms with Crippen molar-refractivity contribution in [2.24, 2.45) is 0 Å². The van der Waals surface area contributed by atoms with Gasteiger partial charge in [0, 0.05) is 23.2 Å². The lowest BCUT2D eigenvalue weighted by molar-refractivity contribution is -0.133. The van der Waals surface area contributed by atoms with Gasteiger partial charge < -0.3 is 9.47 Å². The summed E-state index contributed by atoms with van der Waals surface area (Å²) in [5.74, 6) is 1.15. The highest BCUT2D eigenvalue weighted by molar-refractivity contribution is 7.13. The summed E-state index contributed by atoms with van der Waals surface area (Å²) >= 11 is 7.65. The fourth-order valence-corrected chi connectivity index (χ4v) is 3.71. The van der Waals surface area contributed by atoms with Crippen molar-refractivity contribution < 1.29 is 14.3 Å². The van der Waals surface area contributed by atoms with E-state index in [0.29, 0.717) is 28.1 Å². The fraction of sp³-hybridized carbons (Fsp3) is 0.0455. The molecule has 0 saturated carbocycles. The predicted molar refractivity (Wildman–Crippen MR) is 113 cm³/mol. The molecule has 0 N–H and O–H groups in total. The number of thiazole rings is 1. The van der Waals surface area contributed by atoms with E-state index >= 15 is 0 Å². The van der Waals surface area contributed by atoms with Crippen LogP contribution in [0.15, 0.2) is 78.3 Å². The van der Waals surface area contributed by atoms with Crippen LogP contribution < -0.4 is 9.47 Å². The molecule has 2 heterocycles. The minimum atomic E-state index is -0.389. The van der Waals surface area contributed by atoms with Gasteiger partial charge in [-0.25, -0.2) is 9.97 Å². The van der Waals surface area contributed by atoms with Gasteiger partial charge >= 0.3 is 5.97 Å². The van der Waals surface area contributed by atoms with Crippen molar-refractivity contribution in [3.8, 4) is 28.0 Å². The molecule has 0 atom stereocenters. The van der Waals surface area contributed by atoms with E-state index in [0.717, 1.165) is 10.6 Å². The predicted octanol–water partition coefficient (Wildman–Crippen LogP) is 5.80. The SMILES string of the molecule is O=C(Cc1csc(-c2ccccc2Cl)n1)Oc1ccc(Oc2ccccn2)cc1. The van der Waals surface area contributed by atoms with Crippen LogP contribution in [0.25, 0.3) is 10.6 Å². The van der Waals surface area contributed by atoms with E-state index in [1.807, 2.05) is 41.8 Å². The number of ether oxygens (including phenoxy) is 2. The third-order valence-corrected chi connectivity index (χ3v) is 5.15. The van der Waals surface area contributed by atoms with Crippen LogP contribution in [0.1, 0.15) is 5.69 Å². The topological polar surface area (TPSA) is 61.3 Å². The van der Waals surface area contributed by atoms with Gasteiger partial charge in [-0.05, 0) is 36.4 Å². The monoisotopic (exact) mass is 422 g/mol. The molecule has 5 nitrogen and oxygen atoms in total. The van der Waals surface area contributed by atoms with Crippen molar-refractivity contribution in [1.29, 1.82) is 0 Å². The minimum Gasteiger partial charge on any atom is -0.439 e. The van der Waals surface area contributed by atoms with Crippen LogP contribution in [0.4, 0.5) is 0 Å². The standard InChI is InChI=1S/C22H15ClN2O3S/c23-19-6-2-1-5-18(19)22-25-15(14-29-22)13-21(26)28-17-10-8-16(9-11-17)27-20-7-3-4-12-24-20/h1-12,14H,13H2. The molecule has 0 amide bonds. The fourth-order valence-electron chi connectivity index (χ4n) is 2.57. The molecule has 4 rings (SSSR count). The van der Waals surface area contributed by atoms with E-state index in [-0.39, 0.29) is 12.4 Å². The highest BCUT2D eigenvalue weighted by atomic mass is 35.5. The van der Waals surface area contributed by atoms with Crippen molar-refractivity contribution in [2.45, 2.75) is 6.42 Å². The van der Waals surface area contributed by atoms with Gasteiger partial charge in [-0.1, -0.05) is 35.9 Å². The Morgan fingerprint density at radius 1 is 0.966 bits per heavy atom. The first-order valence-corrected chi connectivity index (χ1v) is 10.0. The number of aromatic nitrogens is 2. The second kappa shape index (κ2) is 8.86. The number of carbonyl (C=O) groups is 1. The summed E-state index contributed by atoms with van der Waals surface area (Å²) in [5.41, 5.74) is 1.49. The summed E-state index contributed by atoms with van der Waals surface area (Å²) < 4.78 is 11.0. The Labute approximate surface area is 176 Å². The molecule has 144 valence electrons. The number of hydrogen-bond acceptors (Lipinski definition) is 6. The second-order valence-electron chi connectivity index (χ2n) is 6.02. The number of benzene rings is 2. The lowest BCUT2D eigenvalue weighted by atomic mass is 10.2. The minimum absolute atomic E-state index is 0.0765. The maximum Gasteiger partial charge on any atom is 0.317 e. The molecule has 2 aromatic carbocycles. The van der Waals surface area contributed by atoms with Crippen molar-refractivity contribution in [2.75, 3.05) is 0 Å². The van der Waals surface area contributed by atoms with E-state index in [4.69, 9.17) is 21.1 Å². The molecular weight excluding hydrogens is 408 g/mol. The van der Waals surface area contributed by atoms with Crippen molar-refractivity contribution in [3.63, 3.8) is 0 Å². The van der Waals surface area contributed by atoms with E-state index in [2.05, 4.69) is 9.97 Å². The number of pyridine rings is 1. The Morgan fingerprint density at radius 3 is 2.48 bits per heavy atom. The summed E-state index contributed by atoms with van der Waals surface area (Å²) in [6, 6.07) is 19.7. The number of halogens is 1. The largest absolute Gasteiger partial charge is 0.439 e. The highest BCUT2D eigenvalue weighted by Gasteiger charge is 2.12. The molecule has 0 aliphatic carbocycles. The molecule has 0 aliphatic rings. The zero-order chi connectivity index (χ0) is 20.1. The molecule has 7 heteroatoms. The van der Waals surface area contributed by atoms with Gasteiger partial charge in [0.1, 0.15) is 16.5 Å². The molecule has 0 fully saturated rings. The summed E-state index contributed by atoms with van der Waals surface area (Å²) in [7, 11) is 0. The second-order valence-corrected chi connectivity index (χ2v) is 7.28. The van der Waals surface area contributed by atoms with Crippen molar-refractivity contribution in [1.82, 2.24) is 9.97 Å². The summed E-state index contributed by atoms with van der Waals surface area (Å²) in [4.78, 5) is 20.8. The summed E-state index contributed by atoms with van der Waals surface area (Å²) in [6.07, 6.45) is 1.73. The average Bonchev–Trinajstić information content (AvgIpc) is 3.18. The van der Waals surface area contributed by atoms with Gasteiger partial charge in [0.25, 0.3) is 0 Å². The van der Waals surface area contributed by atoms with Gasteiger partial charge in [0.15, 0.2) is 0 Å².